The molecule has 0 spiro atoms. The number of aliphatic imine (C=N–C) groups is 1. The third-order valence-corrected chi connectivity index (χ3v) is 6.53. The number of hydrogen-bond acceptors (Lipinski definition) is 5. The van der Waals surface area contributed by atoms with Crippen LogP contribution < -0.4 is 20.3 Å². The van der Waals surface area contributed by atoms with Crippen LogP contribution in [0.25, 0.3) is 0 Å². The molecule has 1 aromatic carbocycles. The highest BCUT2D eigenvalue weighted by molar-refractivity contribution is 14.0. The third-order valence-electron chi connectivity index (χ3n) is 5.40. The molecule has 3 rings (SSSR count). The van der Waals surface area contributed by atoms with Crippen molar-refractivity contribution in [3.05, 3.63) is 24.3 Å². The quantitative estimate of drug-likeness (QED) is 0.302. The second kappa shape index (κ2) is 10.2. The summed E-state index contributed by atoms with van der Waals surface area (Å²) in [6, 6.07) is 8.36. The number of anilines is 1. The number of halogens is 1. The minimum Gasteiger partial charge on any atom is -0.495 e. The topological polar surface area (TPSA) is 83.0 Å². The van der Waals surface area contributed by atoms with Gasteiger partial charge < -0.3 is 20.3 Å². The lowest BCUT2D eigenvalue weighted by Gasteiger charge is -2.22. The van der Waals surface area contributed by atoms with Gasteiger partial charge in [0.15, 0.2) is 5.96 Å². The predicted molar refractivity (Wildman–Crippen MR) is 130 cm³/mol. The van der Waals surface area contributed by atoms with Crippen LogP contribution in [-0.4, -0.2) is 65.7 Å². The molecule has 1 saturated carbocycles. The molecule has 7 nitrogen and oxygen atoms in total. The fourth-order valence-electron chi connectivity index (χ4n) is 3.83. The number of rotatable bonds is 8. The van der Waals surface area contributed by atoms with Crippen LogP contribution in [0.3, 0.4) is 0 Å². The number of hydrogen-bond donors (Lipinski definition) is 2. The van der Waals surface area contributed by atoms with Crippen LogP contribution in [0.5, 0.6) is 5.75 Å². The molecule has 0 amide bonds. The average Bonchev–Trinajstić information content (AvgIpc) is 3.23. The van der Waals surface area contributed by atoms with Crippen LogP contribution in [0.1, 0.15) is 26.2 Å². The molecule has 2 N–H and O–H groups in total. The number of para-hydroxylation sites is 2. The van der Waals surface area contributed by atoms with E-state index in [9.17, 15) is 8.42 Å². The lowest BCUT2D eigenvalue weighted by atomic mass is 10.1. The number of sulfone groups is 1. The summed E-state index contributed by atoms with van der Waals surface area (Å²) in [7, 11) is -1.28. The third kappa shape index (κ3) is 6.91. The van der Waals surface area contributed by atoms with Crippen molar-refractivity contribution in [1.82, 2.24) is 10.6 Å². The minimum atomic E-state index is -2.98. The van der Waals surface area contributed by atoms with E-state index in [2.05, 4.69) is 21.6 Å². The number of nitrogens with one attached hydrogen (secondary N) is 2. The van der Waals surface area contributed by atoms with Gasteiger partial charge in [0.2, 0.25) is 0 Å². The van der Waals surface area contributed by atoms with E-state index in [4.69, 9.17) is 9.73 Å². The molecule has 1 saturated heterocycles. The van der Waals surface area contributed by atoms with Gasteiger partial charge in [-0.1, -0.05) is 12.1 Å². The fraction of sp³-hybridized carbons (Fsp3) is 0.650. The fourth-order valence-corrected chi connectivity index (χ4v) is 5.32. The van der Waals surface area contributed by atoms with E-state index in [1.807, 2.05) is 25.1 Å². The maximum Gasteiger partial charge on any atom is 0.191 e. The Hall–Kier alpha value is -1.23. The van der Waals surface area contributed by atoms with Crippen LogP contribution in [0.4, 0.5) is 5.69 Å². The standard InChI is InChI=1S/C20H32N4O3S.HI/c1-4-21-19(22-14-20(10-11-20)15-28(3,25)26)23-16-9-12-24(13-16)17-7-5-6-8-18(17)27-2;/h5-8,16H,4,9-15H2,1-3H3,(H2,21,22,23);1H. The van der Waals surface area contributed by atoms with Gasteiger partial charge in [0.05, 0.1) is 18.6 Å². The first kappa shape index (κ1) is 24.0. The van der Waals surface area contributed by atoms with Crippen molar-refractivity contribution >= 4 is 45.5 Å². The first-order valence-corrected chi connectivity index (χ1v) is 12.0. The number of methoxy groups -OCH3 is 1. The highest BCUT2D eigenvalue weighted by atomic mass is 127. The lowest BCUT2D eigenvalue weighted by Crippen LogP contribution is -2.45. The van der Waals surface area contributed by atoms with Crippen LogP contribution in [0.2, 0.25) is 0 Å². The largest absolute Gasteiger partial charge is 0.495 e. The zero-order chi connectivity index (χ0) is 20.2. The average molecular weight is 536 g/mol. The molecule has 1 aliphatic heterocycles. The highest BCUT2D eigenvalue weighted by Gasteiger charge is 2.45. The molecular formula is C20H33IN4O3S. The Morgan fingerprint density at radius 1 is 1.34 bits per heavy atom. The van der Waals surface area contributed by atoms with Crippen LogP contribution in [0, 0.1) is 5.41 Å². The molecule has 1 aliphatic carbocycles. The molecule has 1 unspecified atom stereocenters. The summed E-state index contributed by atoms with van der Waals surface area (Å²) in [6.07, 6.45) is 4.20. The molecule has 0 radical (unpaired) electrons. The van der Waals surface area contributed by atoms with E-state index in [0.29, 0.717) is 6.54 Å². The molecule has 2 fully saturated rings. The lowest BCUT2D eigenvalue weighted by molar-refractivity contribution is 0.415. The van der Waals surface area contributed by atoms with Gasteiger partial charge in [-0.05, 0) is 38.3 Å². The van der Waals surface area contributed by atoms with Crippen molar-refractivity contribution in [2.75, 3.05) is 50.2 Å². The van der Waals surface area contributed by atoms with E-state index in [1.165, 1.54) is 6.26 Å². The molecule has 0 aromatic heterocycles. The molecule has 0 bridgehead atoms. The Kier molecular flexibility index (Phi) is 8.45. The Morgan fingerprint density at radius 3 is 2.69 bits per heavy atom. The molecule has 29 heavy (non-hydrogen) atoms. The van der Waals surface area contributed by atoms with Gasteiger partial charge in [-0.2, -0.15) is 0 Å². The van der Waals surface area contributed by atoms with Crippen LogP contribution in [-0.2, 0) is 9.84 Å². The number of nitrogens with zero attached hydrogens (tertiary/aromatic N) is 2. The summed E-state index contributed by atoms with van der Waals surface area (Å²) in [5.41, 5.74) is 0.955. The molecular weight excluding hydrogens is 503 g/mol. The summed E-state index contributed by atoms with van der Waals surface area (Å²) >= 11 is 0. The van der Waals surface area contributed by atoms with Gasteiger partial charge in [0.25, 0.3) is 0 Å². The zero-order valence-corrected chi connectivity index (χ0v) is 20.6. The molecule has 1 atom stereocenters. The second-order valence-corrected chi connectivity index (χ2v) is 10.2. The van der Waals surface area contributed by atoms with Crippen molar-refractivity contribution in [1.29, 1.82) is 0 Å². The highest BCUT2D eigenvalue weighted by Crippen LogP contribution is 2.46. The van der Waals surface area contributed by atoms with Crippen molar-refractivity contribution in [3.8, 4) is 5.75 Å². The summed E-state index contributed by atoms with van der Waals surface area (Å²) in [6.45, 7) is 5.19. The van der Waals surface area contributed by atoms with E-state index in [1.54, 1.807) is 7.11 Å². The number of ether oxygens (including phenoxy) is 1. The predicted octanol–water partition coefficient (Wildman–Crippen LogP) is 2.27. The van der Waals surface area contributed by atoms with Gasteiger partial charge in [0, 0.05) is 43.9 Å². The van der Waals surface area contributed by atoms with Crippen molar-refractivity contribution < 1.29 is 13.2 Å². The normalized spacial score (nSPS) is 20.7. The van der Waals surface area contributed by atoms with Gasteiger partial charge in [-0.3, -0.25) is 4.99 Å². The Bertz CT molecular complexity index is 812. The Morgan fingerprint density at radius 2 is 2.07 bits per heavy atom. The first-order valence-electron chi connectivity index (χ1n) is 9.95. The summed E-state index contributed by atoms with van der Waals surface area (Å²) in [4.78, 5) is 7.04. The van der Waals surface area contributed by atoms with E-state index < -0.39 is 9.84 Å². The van der Waals surface area contributed by atoms with Gasteiger partial charge in [-0.25, -0.2) is 8.42 Å². The van der Waals surface area contributed by atoms with Gasteiger partial charge in [-0.15, -0.1) is 24.0 Å². The maximum atomic E-state index is 11.7. The van der Waals surface area contributed by atoms with E-state index in [0.717, 1.165) is 56.3 Å². The second-order valence-electron chi connectivity index (χ2n) is 8.01. The maximum absolute atomic E-state index is 11.7. The van der Waals surface area contributed by atoms with E-state index >= 15 is 0 Å². The molecule has 9 heteroatoms. The molecule has 1 aromatic rings. The molecule has 164 valence electrons. The SMILES string of the molecule is CCNC(=NCC1(CS(C)(=O)=O)CC1)NC1CCN(c2ccccc2OC)C1.I. The Balaban J connectivity index is 0.00000300. The van der Waals surface area contributed by atoms with Gasteiger partial charge in [0.1, 0.15) is 15.6 Å². The molecule has 2 aliphatic rings. The Labute approximate surface area is 191 Å². The number of benzene rings is 1. The smallest absolute Gasteiger partial charge is 0.191 e. The summed E-state index contributed by atoms with van der Waals surface area (Å²) < 4.78 is 28.8. The minimum absolute atomic E-state index is 0. The van der Waals surface area contributed by atoms with Crippen LogP contribution >= 0.6 is 24.0 Å². The van der Waals surface area contributed by atoms with Gasteiger partial charge >= 0.3 is 0 Å². The van der Waals surface area contributed by atoms with Crippen molar-refractivity contribution in [2.45, 2.75) is 32.2 Å². The molecule has 1 heterocycles. The zero-order valence-electron chi connectivity index (χ0n) is 17.5. The summed E-state index contributed by atoms with van der Waals surface area (Å²) in [5, 5.41) is 6.82. The van der Waals surface area contributed by atoms with Crippen LogP contribution in [0.15, 0.2) is 29.3 Å². The van der Waals surface area contributed by atoms with E-state index in [-0.39, 0.29) is 41.2 Å². The number of guanidine groups is 1. The van der Waals surface area contributed by atoms with Crippen molar-refractivity contribution in [3.63, 3.8) is 0 Å². The monoisotopic (exact) mass is 536 g/mol. The van der Waals surface area contributed by atoms with Crippen molar-refractivity contribution in [2.24, 2.45) is 10.4 Å². The first-order chi connectivity index (χ1) is 13.3. The summed E-state index contributed by atoms with van der Waals surface area (Å²) in [5.74, 6) is 1.89.